The van der Waals surface area contributed by atoms with Gasteiger partial charge in [0, 0.05) is 27.7 Å². The van der Waals surface area contributed by atoms with Crippen LogP contribution in [0, 0.1) is 19.7 Å². The number of aryl methyl sites for hydroxylation is 2. The van der Waals surface area contributed by atoms with Crippen LogP contribution in [0.1, 0.15) is 15.3 Å². The summed E-state index contributed by atoms with van der Waals surface area (Å²) in [5, 5.41) is 3.17. The Labute approximate surface area is 104 Å². The van der Waals surface area contributed by atoms with Crippen molar-refractivity contribution in [1.82, 2.24) is 0 Å². The van der Waals surface area contributed by atoms with E-state index in [0.717, 1.165) is 0 Å². The zero-order chi connectivity index (χ0) is 12.4. The second-order valence-corrected chi connectivity index (χ2v) is 5.42. The van der Waals surface area contributed by atoms with Gasteiger partial charge >= 0.3 is 0 Å². The first-order valence-electron chi connectivity index (χ1n) is 5.40. The number of hydrogen-bond donors (Lipinski definition) is 2. The van der Waals surface area contributed by atoms with Gasteiger partial charge in [0.2, 0.25) is 0 Å². The number of nitrogens with two attached hydrogens (primary N) is 1. The molecule has 2 rings (SSSR count). The SMILES string of the molecule is Cc1cc(CNc2cc(N)cc(F)c2)sc1C. The highest BCUT2D eigenvalue weighted by molar-refractivity contribution is 7.12. The van der Waals surface area contributed by atoms with E-state index in [1.807, 2.05) is 0 Å². The molecule has 0 aliphatic rings. The van der Waals surface area contributed by atoms with Crippen LogP contribution >= 0.6 is 11.3 Å². The van der Waals surface area contributed by atoms with Crippen molar-refractivity contribution in [3.05, 3.63) is 45.4 Å². The number of halogens is 1. The van der Waals surface area contributed by atoms with Crippen LogP contribution in [0.25, 0.3) is 0 Å². The summed E-state index contributed by atoms with van der Waals surface area (Å²) in [5.74, 6) is -0.314. The highest BCUT2D eigenvalue weighted by atomic mass is 32.1. The highest BCUT2D eigenvalue weighted by Gasteiger charge is 2.02. The first-order chi connectivity index (χ1) is 8.04. The number of nitrogens with one attached hydrogen (secondary N) is 1. The predicted octanol–water partition coefficient (Wildman–Crippen LogP) is 3.70. The molecule has 0 amide bonds. The maximum Gasteiger partial charge on any atom is 0.127 e. The van der Waals surface area contributed by atoms with Crippen LogP contribution in [0.15, 0.2) is 24.3 Å². The molecule has 0 aliphatic carbocycles. The van der Waals surface area contributed by atoms with Crippen LogP contribution in [0.2, 0.25) is 0 Å². The van der Waals surface area contributed by atoms with Crippen molar-refractivity contribution in [2.45, 2.75) is 20.4 Å². The second kappa shape index (κ2) is 4.75. The summed E-state index contributed by atoms with van der Waals surface area (Å²) in [6.07, 6.45) is 0. The lowest BCUT2D eigenvalue weighted by Gasteiger charge is -2.06. The largest absolute Gasteiger partial charge is 0.399 e. The van der Waals surface area contributed by atoms with Crippen LogP contribution in [-0.4, -0.2) is 0 Å². The number of thiophene rings is 1. The average Bonchev–Trinajstić information content (AvgIpc) is 2.54. The molecule has 0 saturated carbocycles. The number of rotatable bonds is 3. The topological polar surface area (TPSA) is 38.0 Å². The summed E-state index contributed by atoms with van der Waals surface area (Å²) in [6, 6.07) is 6.64. The van der Waals surface area contributed by atoms with Crippen LogP contribution in [0.3, 0.4) is 0 Å². The average molecular weight is 250 g/mol. The summed E-state index contributed by atoms with van der Waals surface area (Å²) >= 11 is 1.75. The summed E-state index contributed by atoms with van der Waals surface area (Å²) in [6.45, 7) is 4.89. The van der Waals surface area contributed by atoms with Crippen molar-refractivity contribution in [3.63, 3.8) is 0 Å². The summed E-state index contributed by atoms with van der Waals surface area (Å²) in [7, 11) is 0. The van der Waals surface area contributed by atoms with Crippen molar-refractivity contribution in [1.29, 1.82) is 0 Å². The smallest absolute Gasteiger partial charge is 0.127 e. The van der Waals surface area contributed by atoms with E-state index in [1.165, 1.54) is 27.5 Å². The Hall–Kier alpha value is -1.55. The second-order valence-electron chi connectivity index (χ2n) is 4.08. The Bertz CT molecular complexity index is 494. The molecule has 0 unspecified atom stereocenters. The van der Waals surface area contributed by atoms with Crippen molar-refractivity contribution >= 4 is 22.7 Å². The van der Waals surface area contributed by atoms with E-state index in [2.05, 4.69) is 25.2 Å². The monoisotopic (exact) mass is 250 g/mol. The maximum absolute atomic E-state index is 13.1. The third-order valence-corrected chi connectivity index (χ3v) is 3.76. The van der Waals surface area contributed by atoms with Gasteiger partial charge in [-0.25, -0.2) is 4.39 Å². The van der Waals surface area contributed by atoms with Crippen molar-refractivity contribution in [3.8, 4) is 0 Å². The number of anilines is 2. The molecule has 3 N–H and O–H groups in total. The Morgan fingerprint density at radius 1 is 1.24 bits per heavy atom. The molecule has 0 radical (unpaired) electrons. The molecule has 0 atom stereocenters. The van der Waals surface area contributed by atoms with Gasteiger partial charge in [0.15, 0.2) is 0 Å². The normalized spacial score (nSPS) is 10.5. The van der Waals surface area contributed by atoms with E-state index >= 15 is 0 Å². The molecule has 17 heavy (non-hydrogen) atoms. The third kappa shape index (κ3) is 2.97. The fourth-order valence-corrected chi connectivity index (χ4v) is 2.63. The Morgan fingerprint density at radius 2 is 2.00 bits per heavy atom. The molecule has 1 aromatic carbocycles. The molecule has 1 heterocycles. The molecule has 2 nitrogen and oxygen atoms in total. The van der Waals surface area contributed by atoms with Gasteiger partial charge in [-0.05, 0) is 43.7 Å². The minimum Gasteiger partial charge on any atom is -0.399 e. The molecular weight excluding hydrogens is 235 g/mol. The van der Waals surface area contributed by atoms with Crippen LogP contribution < -0.4 is 11.1 Å². The molecule has 90 valence electrons. The standard InChI is InChI=1S/C13H15FN2S/c1-8-3-13(17-9(8)2)7-16-12-5-10(14)4-11(15)6-12/h3-6,16H,7,15H2,1-2H3. The molecule has 0 aliphatic heterocycles. The first kappa shape index (κ1) is 11.9. The molecule has 0 fully saturated rings. The quantitative estimate of drug-likeness (QED) is 0.815. The predicted molar refractivity (Wildman–Crippen MR) is 71.9 cm³/mol. The van der Waals surface area contributed by atoms with E-state index in [4.69, 9.17) is 5.73 Å². The van der Waals surface area contributed by atoms with E-state index in [1.54, 1.807) is 17.4 Å². The maximum atomic E-state index is 13.1. The van der Waals surface area contributed by atoms with Gasteiger partial charge in [0.05, 0.1) is 0 Å². The van der Waals surface area contributed by atoms with Gasteiger partial charge in [-0.3, -0.25) is 0 Å². The van der Waals surface area contributed by atoms with Crippen molar-refractivity contribution < 1.29 is 4.39 Å². The number of hydrogen-bond acceptors (Lipinski definition) is 3. The Morgan fingerprint density at radius 3 is 2.59 bits per heavy atom. The number of benzene rings is 1. The van der Waals surface area contributed by atoms with Gasteiger partial charge in [0.25, 0.3) is 0 Å². The van der Waals surface area contributed by atoms with Gasteiger partial charge < -0.3 is 11.1 Å². The molecule has 0 spiro atoms. The molecular formula is C13H15FN2S. The van der Waals surface area contributed by atoms with Crippen molar-refractivity contribution in [2.24, 2.45) is 0 Å². The molecule has 4 heteroatoms. The van der Waals surface area contributed by atoms with Crippen LogP contribution in [0.5, 0.6) is 0 Å². The Balaban J connectivity index is 2.07. The molecule has 0 bridgehead atoms. The third-order valence-electron chi connectivity index (χ3n) is 2.60. The zero-order valence-corrected chi connectivity index (χ0v) is 10.7. The van der Waals surface area contributed by atoms with E-state index in [-0.39, 0.29) is 5.82 Å². The lowest BCUT2D eigenvalue weighted by molar-refractivity contribution is 0.629. The van der Waals surface area contributed by atoms with Gasteiger partial charge in [-0.15, -0.1) is 11.3 Å². The highest BCUT2D eigenvalue weighted by Crippen LogP contribution is 2.22. The molecule has 0 saturated heterocycles. The minimum atomic E-state index is -0.314. The fourth-order valence-electron chi connectivity index (χ4n) is 1.64. The van der Waals surface area contributed by atoms with Gasteiger partial charge in [0.1, 0.15) is 5.82 Å². The zero-order valence-electron chi connectivity index (χ0n) is 9.88. The summed E-state index contributed by atoms with van der Waals surface area (Å²) in [4.78, 5) is 2.56. The van der Waals surface area contributed by atoms with E-state index in [0.29, 0.717) is 17.9 Å². The fraction of sp³-hybridized carbons (Fsp3) is 0.231. The molecule has 2 aromatic rings. The lowest BCUT2D eigenvalue weighted by Crippen LogP contribution is -1.99. The van der Waals surface area contributed by atoms with Gasteiger partial charge in [-0.1, -0.05) is 0 Å². The van der Waals surface area contributed by atoms with Crippen molar-refractivity contribution in [2.75, 3.05) is 11.1 Å². The number of nitrogen functional groups attached to an aromatic ring is 1. The Kier molecular flexibility index (Phi) is 3.33. The lowest BCUT2D eigenvalue weighted by atomic mass is 10.2. The summed E-state index contributed by atoms with van der Waals surface area (Å²) < 4.78 is 13.1. The van der Waals surface area contributed by atoms with Crippen LogP contribution in [0.4, 0.5) is 15.8 Å². The van der Waals surface area contributed by atoms with E-state index in [9.17, 15) is 4.39 Å². The van der Waals surface area contributed by atoms with Crippen LogP contribution in [-0.2, 0) is 6.54 Å². The summed E-state index contributed by atoms with van der Waals surface area (Å²) in [5.41, 5.74) is 8.03. The minimum absolute atomic E-state index is 0.314. The first-order valence-corrected chi connectivity index (χ1v) is 6.22. The molecule has 1 aromatic heterocycles. The van der Waals surface area contributed by atoms with Gasteiger partial charge in [-0.2, -0.15) is 0 Å². The van der Waals surface area contributed by atoms with E-state index < -0.39 is 0 Å².